The molecule has 2 rings (SSSR count). The summed E-state index contributed by atoms with van der Waals surface area (Å²) in [6.45, 7) is 0.212. The van der Waals surface area contributed by atoms with Crippen LogP contribution >= 0.6 is 12.4 Å². The van der Waals surface area contributed by atoms with Gasteiger partial charge in [0.1, 0.15) is 5.82 Å². The maximum atomic E-state index is 12.9. The molecule has 1 heterocycles. The van der Waals surface area contributed by atoms with Gasteiger partial charge in [0.05, 0.1) is 12.2 Å². The predicted molar refractivity (Wildman–Crippen MR) is 54.3 cm³/mol. The van der Waals surface area contributed by atoms with Gasteiger partial charge < -0.3 is 5.73 Å². The van der Waals surface area contributed by atoms with Gasteiger partial charge in [0, 0.05) is 0 Å². The van der Waals surface area contributed by atoms with Crippen LogP contribution in [0.15, 0.2) is 24.3 Å². The average molecular weight is 230 g/mol. The lowest BCUT2D eigenvalue weighted by Crippen LogP contribution is -2.08. The molecule has 7 heteroatoms. The van der Waals surface area contributed by atoms with E-state index in [1.165, 1.54) is 16.8 Å². The molecule has 0 unspecified atom stereocenters. The molecule has 0 saturated heterocycles. The van der Waals surface area contributed by atoms with Gasteiger partial charge in [-0.2, -0.15) is 4.68 Å². The number of aromatic nitrogens is 4. The second-order valence-corrected chi connectivity index (χ2v) is 2.69. The first-order chi connectivity index (χ1) is 6.81. The van der Waals surface area contributed by atoms with E-state index in [0.29, 0.717) is 11.5 Å². The van der Waals surface area contributed by atoms with Crippen molar-refractivity contribution in [2.75, 3.05) is 0 Å². The third kappa shape index (κ3) is 2.28. The molecule has 1 aromatic carbocycles. The number of halogens is 2. The van der Waals surface area contributed by atoms with Crippen LogP contribution in [-0.2, 0) is 6.54 Å². The number of hydrogen-bond donors (Lipinski definition) is 1. The van der Waals surface area contributed by atoms with Gasteiger partial charge in [-0.05, 0) is 28.6 Å². The second-order valence-electron chi connectivity index (χ2n) is 2.69. The Morgan fingerprint density at radius 2 is 2.20 bits per heavy atom. The summed E-state index contributed by atoms with van der Waals surface area (Å²) in [5.41, 5.74) is 5.98. The van der Waals surface area contributed by atoms with Gasteiger partial charge in [-0.1, -0.05) is 6.07 Å². The zero-order valence-electron chi connectivity index (χ0n) is 7.67. The highest BCUT2D eigenvalue weighted by Gasteiger charge is 2.06. The summed E-state index contributed by atoms with van der Waals surface area (Å²) in [5, 5.41) is 10.9. The number of nitrogens with two attached hydrogens (primary N) is 1. The molecule has 0 atom stereocenters. The number of tetrazole rings is 1. The Bertz CT molecular complexity index is 444. The summed E-state index contributed by atoms with van der Waals surface area (Å²) in [4.78, 5) is 0. The molecule has 15 heavy (non-hydrogen) atoms. The number of rotatable bonds is 2. The molecule has 1 aromatic heterocycles. The van der Waals surface area contributed by atoms with Crippen LogP contribution in [0.4, 0.5) is 4.39 Å². The zero-order chi connectivity index (χ0) is 9.97. The van der Waals surface area contributed by atoms with Crippen LogP contribution in [0.1, 0.15) is 5.82 Å². The number of benzene rings is 1. The van der Waals surface area contributed by atoms with Gasteiger partial charge >= 0.3 is 0 Å². The Morgan fingerprint density at radius 1 is 1.40 bits per heavy atom. The van der Waals surface area contributed by atoms with Crippen molar-refractivity contribution in [3.63, 3.8) is 0 Å². The van der Waals surface area contributed by atoms with Crippen molar-refractivity contribution in [3.05, 3.63) is 35.9 Å². The summed E-state index contributed by atoms with van der Waals surface area (Å²) in [6.07, 6.45) is 0. The van der Waals surface area contributed by atoms with E-state index in [0.717, 1.165) is 0 Å². The van der Waals surface area contributed by atoms with E-state index < -0.39 is 0 Å². The molecule has 0 aliphatic rings. The molecule has 0 saturated carbocycles. The molecule has 0 bridgehead atoms. The molecule has 80 valence electrons. The fraction of sp³-hybridized carbons (Fsp3) is 0.125. The van der Waals surface area contributed by atoms with Gasteiger partial charge in [0.15, 0.2) is 5.82 Å². The van der Waals surface area contributed by atoms with Crippen LogP contribution in [0.2, 0.25) is 0 Å². The van der Waals surface area contributed by atoms with E-state index in [4.69, 9.17) is 5.73 Å². The molecule has 0 radical (unpaired) electrons. The van der Waals surface area contributed by atoms with Gasteiger partial charge in [0.25, 0.3) is 0 Å². The monoisotopic (exact) mass is 229 g/mol. The first-order valence-corrected chi connectivity index (χ1v) is 4.04. The first-order valence-electron chi connectivity index (χ1n) is 4.04. The van der Waals surface area contributed by atoms with Crippen molar-refractivity contribution < 1.29 is 4.39 Å². The fourth-order valence-electron chi connectivity index (χ4n) is 1.14. The minimum Gasteiger partial charge on any atom is -0.324 e. The smallest absolute Gasteiger partial charge is 0.170 e. The maximum Gasteiger partial charge on any atom is 0.170 e. The zero-order valence-corrected chi connectivity index (χ0v) is 8.49. The molecule has 5 nitrogen and oxygen atoms in total. The molecule has 0 amide bonds. The van der Waals surface area contributed by atoms with Crippen LogP contribution in [0.3, 0.4) is 0 Å². The van der Waals surface area contributed by atoms with Gasteiger partial charge in [-0.3, -0.25) is 0 Å². The fourth-order valence-corrected chi connectivity index (χ4v) is 1.14. The molecule has 0 aliphatic carbocycles. The lowest BCUT2D eigenvalue weighted by molar-refractivity contribution is 0.624. The molecule has 2 N–H and O–H groups in total. The van der Waals surface area contributed by atoms with E-state index in [9.17, 15) is 4.39 Å². The summed E-state index contributed by atoms with van der Waals surface area (Å²) in [5.74, 6) is 0.163. The topological polar surface area (TPSA) is 69.6 Å². The third-order valence-electron chi connectivity index (χ3n) is 1.77. The van der Waals surface area contributed by atoms with Crippen molar-refractivity contribution in [3.8, 4) is 5.69 Å². The lowest BCUT2D eigenvalue weighted by atomic mass is 10.3. The standard InChI is InChI=1S/C8H8FN5.ClH/c9-6-2-1-3-7(4-6)14-8(5-10)11-12-13-14;/h1-4H,5,10H2;1H. The predicted octanol–water partition coefficient (Wildman–Crippen LogP) is 0.682. The first kappa shape index (κ1) is 11.5. The molecule has 0 aliphatic heterocycles. The van der Waals surface area contributed by atoms with Gasteiger partial charge in [-0.25, -0.2) is 4.39 Å². The molecule has 0 spiro atoms. The van der Waals surface area contributed by atoms with Gasteiger partial charge in [-0.15, -0.1) is 17.5 Å². The number of hydrogen-bond acceptors (Lipinski definition) is 4. The summed E-state index contributed by atoms with van der Waals surface area (Å²) in [7, 11) is 0. The quantitative estimate of drug-likeness (QED) is 0.822. The van der Waals surface area contributed by atoms with E-state index in [1.807, 2.05) is 0 Å². The van der Waals surface area contributed by atoms with Crippen molar-refractivity contribution in [2.24, 2.45) is 5.73 Å². The van der Waals surface area contributed by atoms with Crippen molar-refractivity contribution in [1.82, 2.24) is 20.2 Å². The minimum absolute atomic E-state index is 0. The molecule has 2 aromatic rings. The van der Waals surface area contributed by atoms with Crippen LogP contribution in [-0.4, -0.2) is 20.2 Å². The van der Waals surface area contributed by atoms with Crippen molar-refractivity contribution in [2.45, 2.75) is 6.54 Å². The van der Waals surface area contributed by atoms with E-state index in [1.54, 1.807) is 12.1 Å². The van der Waals surface area contributed by atoms with Crippen LogP contribution in [0.5, 0.6) is 0 Å². The number of nitrogens with zero attached hydrogens (tertiary/aromatic N) is 4. The summed E-state index contributed by atoms with van der Waals surface area (Å²) < 4.78 is 14.3. The highest BCUT2D eigenvalue weighted by Crippen LogP contribution is 2.08. The molecule has 0 fully saturated rings. The van der Waals surface area contributed by atoms with Crippen molar-refractivity contribution >= 4 is 12.4 Å². The normalized spacial score (nSPS) is 9.73. The van der Waals surface area contributed by atoms with E-state index in [-0.39, 0.29) is 24.8 Å². The lowest BCUT2D eigenvalue weighted by Gasteiger charge is -2.01. The molecular formula is C8H9ClFN5. The Labute approximate surface area is 91.5 Å². The van der Waals surface area contributed by atoms with E-state index >= 15 is 0 Å². The Morgan fingerprint density at radius 3 is 2.87 bits per heavy atom. The SMILES string of the molecule is Cl.NCc1nnnn1-c1cccc(F)c1. The summed E-state index contributed by atoms with van der Waals surface area (Å²) >= 11 is 0. The Balaban J connectivity index is 0.00000112. The second kappa shape index (κ2) is 4.81. The highest BCUT2D eigenvalue weighted by molar-refractivity contribution is 5.85. The minimum atomic E-state index is -0.332. The highest BCUT2D eigenvalue weighted by atomic mass is 35.5. The maximum absolute atomic E-state index is 12.9. The van der Waals surface area contributed by atoms with Crippen molar-refractivity contribution in [1.29, 1.82) is 0 Å². The largest absolute Gasteiger partial charge is 0.324 e. The summed E-state index contributed by atoms with van der Waals surface area (Å²) in [6, 6.07) is 6.00. The van der Waals surface area contributed by atoms with Crippen LogP contribution < -0.4 is 5.73 Å². The Hall–Kier alpha value is -1.53. The van der Waals surface area contributed by atoms with Gasteiger partial charge in [0.2, 0.25) is 0 Å². The van der Waals surface area contributed by atoms with Crippen LogP contribution in [0, 0.1) is 5.82 Å². The van der Waals surface area contributed by atoms with E-state index in [2.05, 4.69) is 15.5 Å². The Kier molecular flexibility index (Phi) is 3.70. The third-order valence-corrected chi connectivity index (χ3v) is 1.77. The molecular weight excluding hydrogens is 221 g/mol. The average Bonchev–Trinajstić information content (AvgIpc) is 2.65. The van der Waals surface area contributed by atoms with Crippen LogP contribution in [0.25, 0.3) is 5.69 Å².